The molecule has 27 heavy (non-hydrogen) atoms. The summed E-state index contributed by atoms with van der Waals surface area (Å²) in [6, 6.07) is 14.4. The van der Waals surface area contributed by atoms with Crippen LogP contribution in [0.5, 0.6) is 0 Å². The average Bonchev–Trinajstić information content (AvgIpc) is 3.08. The van der Waals surface area contributed by atoms with Gasteiger partial charge in [-0.25, -0.2) is 4.98 Å². The fraction of sp³-hybridized carbons (Fsp3) is 0.364. The van der Waals surface area contributed by atoms with Crippen LogP contribution >= 0.6 is 0 Å². The monoisotopic (exact) mass is 362 g/mol. The zero-order chi connectivity index (χ0) is 18.8. The largest absolute Gasteiger partial charge is 0.368 e. The number of hydrogen-bond donors (Lipinski definition) is 0. The maximum absolute atomic E-state index is 13.4. The van der Waals surface area contributed by atoms with E-state index in [1.165, 1.54) is 5.69 Å². The number of aryl methyl sites for hydroxylation is 2. The van der Waals surface area contributed by atoms with Crippen LogP contribution in [0, 0.1) is 6.92 Å². The van der Waals surface area contributed by atoms with Gasteiger partial charge in [-0.15, -0.1) is 0 Å². The molecule has 1 saturated heterocycles. The normalized spacial score (nSPS) is 14.7. The minimum absolute atomic E-state index is 0.101. The van der Waals surface area contributed by atoms with Crippen molar-refractivity contribution in [3.63, 3.8) is 0 Å². The predicted octanol–water partition coefficient (Wildman–Crippen LogP) is 3.56. The number of fused-ring (bicyclic) bond motifs is 1. The van der Waals surface area contributed by atoms with Crippen LogP contribution in [-0.2, 0) is 6.42 Å². The van der Waals surface area contributed by atoms with Crippen molar-refractivity contribution in [2.45, 2.75) is 26.7 Å². The van der Waals surface area contributed by atoms with E-state index < -0.39 is 0 Å². The van der Waals surface area contributed by atoms with Crippen molar-refractivity contribution in [1.29, 1.82) is 0 Å². The van der Waals surface area contributed by atoms with E-state index in [4.69, 9.17) is 4.98 Å². The molecule has 1 aromatic carbocycles. The van der Waals surface area contributed by atoms with E-state index in [2.05, 4.69) is 36.1 Å². The molecule has 0 unspecified atom stereocenters. The van der Waals surface area contributed by atoms with Gasteiger partial charge in [0.15, 0.2) is 0 Å². The number of hydrogen-bond acceptors (Lipinski definition) is 3. The van der Waals surface area contributed by atoms with Crippen molar-refractivity contribution < 1.29 is 4.79 Å². The standard InChI is InChI=1S/C22H26N4O/c1-3-8-19-20(26-12-7-9-17(2)21(26)23-19)22(27)25-15-13-24(14-16-25)18-10-5-4-6-11-18/h4-7,9-12H,3,8,13-16H2,1-2H3. The van der Waals surface area contributed by atoms with E-state index in [0.717, 1.165) is 61.6 Å². The number of pyridine rings is 1. The Morgan fingerprint density at radius 1 is 1.04 bits per heavy atom. The Bertz CT molecular complexity index is 940. The molecular weight excluding hydrogens is 336 g/mol. The van der Waals surface area contributed by atoms with E-state index in [-0.39, 0.29) is 5.91 Å². The average molecular weight is 362 g/mol. The van der Waals surface area contributed by atoms with E-state index in [0.29, 0.717) is 0 Å². The van der Waals surface area contributed by atoms with Crippen LogP contribution in [0.25, 0.3) is 5.65 Å². The van der Waals surface area contributed by atoms with Crippen LogP contribution in [0.15, 0.2) is 48.7 Å². The Labute approximate surface area is 160 Å². The molecular formula is C22H26N4O. The van der Waals surface area contributed by atoms with Crippen molar-refractivity contribution in [2.75, 3.05) is 31.1 Å². The maximum atomic E-state index is 13.4. The number of imidazole rings is 1. The summed E-state index contributed by atoms with van der Waals surface area (Å²) in [6.07, 6.45) is 3.76. The molecule has 0 saturated carbocycles. The van der Waals surface area contributed by atoms with E-state index >= 15 is 0 Å². The lowest BCUT2D eigenvalue weighted by Crippen LogP contribution is -2.49. The molecule has 5 nitrogen and oxygen atoms in total. The highest BCUT2D eigenvalue weighted by molar-refractivity contribution is 5.95. The number of nitrogens with zero attached hydrogens (tertiary/aromatic N) is 4. The number of para-hydroxylation sites is 1. The van der Waals surface area contributed by atoms with Gasteiger partial charge in [0.05, 0.1) is 5.69 Å². The molecule has 0 bridgehead atoms. The third-order valence-electron chi connectivity index (χ3n) is 5.29. The Balaban J connectivity index is 1.58. The number of piperazine rings is 1. The second-order valence-corrected chi connectivity index (χ2v) is 7.16. The second kappa shape index (κ2) is 7.43. The topological polar surface area (TPSA) is 40.9 Å². The van der Waals surface area contributed by atoms with Crippen molar-refractivity contribution in [1.82, 2.24) is 14.3 Å². The molecule has 0 spiro atoms. The molecule has 3 aromatic rings. The Morgan fingerprint density at radius 3 is 2.48 bits per heavy atom. The second-order valence-electron chi connectivity index (χ2n) is 7.16. The molecule has 1 aliphatic rings. The maximum Gasteiger partial charge on any atom is 0.272 e. The first kappa shape index (κ1) is 17.6. The molecule has 0 radical (unpaired) electrons. The zero-order valence-electron chi connectivity index (χ0n) is 16.1. The summed E-state index contributed by atoms with van der Waals surface area (Å²) in [5, 5.41) is 0. The Hall–Kier alpha value is -2.82. The highest BCUT2D eigenvalue weighted by Gasteiger charge is 2.27. The van der Waals surface area contributed by atoms with Gasteiger partial charge in [-0.05, 0) is 37.1 Å². The third-order valence-corrected chi connectivity index (χ3v) is 5.29. The Morgan fingerprint density at radius 2 is 1.78 bits per heavy atom. The summed E-state index contributed by atoms with van der Waals surface area (Å²) in [5.74, 6) is 0.101. The smallest absolute Gasteiger partial charge is 0.272 e. The van der Waals surface area contributed by atoms with Gasteiger partial charge < -0.3 is 9.80 Å². The molecule has 4 rings (SSSR count). The molecule has 5 heteroatoms. The molecule has 1 aliphatic heterocycles. The molecule has 0 atom stereocenters. The van der Waals surface area contributed by atoms with Crippen molar-refractivity contribution in [3.05, 3.63) is 65.6 Å². The molecule has 3 heterocycles. The number of aromatic nitrogens is 2. The van der Waals surface area contributed by atoms with Gasteiger partial charge in [-0.1, -0.05) is 37.6 Å². The predicted molar refractivity (Wildman–Crippen MR) is 108 cm³/mol. The zero-order valence-corrected chi connectivity index (χ0v) is 16.1. The molecule has 2 aromatic heterocycles. The quantitative estimate of drug-likeness (QED) is 0.713. The number of carbonyl (C=O) groups excluding carboxylic acids is 1. The minimum atomic E-state index is 0.101. The fourth-order valence-electron chi connectivity index (χ4n) is 3.84. The summed E-state index contributed by atoms with van der Waals surface area (Å²) in [7, 11) is 0. The Kier molecular flexibility index (Phi) is 4.84. The van der Waals surface area contributed by atoms with Crippen LogP contribution in [-0.4, -0.2) is 46.4 Å². The lowest BCUT2D eigenvalue weighted by molar-refractivity contribution is 0.0738. The number of anilines is 1. The van der Waals surface area contributed by atoms with Crippen LogP contribution in [0.3, 0.4) is 0 Å². The van der Waals surface area contributed by atoms with Crippen molar-refractivity contribution >= 4 is 17.2 Å². The fourth-order valence-corrected chi connectivity index (χ4v) is 3.84. The van der Waals surface area contributed by atoms with Gasteiger partial charge in [0.1, 0.15) is 11.3 Å². The summed E-state index contributed by atoms with van der Waals surface area (Å²) in [5.41, 5.74) is 4.88. The van der Waals surface area contributed by atoms with Gasteiger partial charge in [0.2, 0.25) is 0 Å². The number of carbonyl (C=O) groups is 1. The molecule has 1 amide bonds. The first-order valence-electron chi connectivity index (χ1n) is 9.75. The molecule has 0 aliphatic carbocycles. The van der Waals surface area contributed by atoms with E-state index in [1.54, 1.807) is 0 Å². The SMILES string of the molecule is CCCc1nc2c(C)cccn2c1C(=O)N1CCN(c2ccccc2)CC1. The van der Waals surface area contributed by atoms with Crippen LogP contribution in [0.1, 0.15) is 35.1 Å². The van der Waals surface area contributed by atoms with Gasteiger partial charge in [0.25, 0.3) is 5.91 Å². The van der Waals surface area contributed by atoms with Gasteiger partial charge in [-0.2, -0.15) is 0 Å². The highest BCUT2D eigenvalue weighted by Crippen LogP contribution is 2.21. The van der Waals surface area contributed by atoms with Gasteiger partial charge >= 0.3 is 0 Å². The van der Waals surface area contributed by atoms with Gasteiger partial charge in [0, 0.05) is 38.1 Å². The molecule has 140 valence electrons. The number of rotatable bonds is 4. The van der Waals surface area contributed by atoms with E-state index in [1.807, 2.05) is 40.6 Å². The molecule has 0 N–H and O–H groups in total. The van der Waals surface area contributed by atoms with Crippen molar-refractivity contribution in [2.24, 2.45) is 0 Å². The van der Waals surface area contributed by atoms with Crippen LogP contribution in [0.4, 0.5) is 5.69 Å². The van der Waals surface area contributed by atoms with E-state index in [9.17, 15) is 4.79 Å². The first-order valence-corrected chi connectivity index (χ1v) is 9.75. The number of amides is 1. The minimum Gasteiger partial charge on any atom is -0.368 e. The highest BCUT2D eigenvalue weighted by atomic mass is 16.2. The summed E-state index contributed by atoms with van der Waals surface area (Å²) < 4.78 is 1.98. The van der Waals surface area contributed by atoms with Crippen LogP contribution < -0.4 is 4.90 Å². The van der Waals surface area contributed by atoms with Gasteiger partial charge in [-0.3, -0.25) is 9.20 Å². The summed E-state index contributed by atoms with van der Waals surface area (Å²) in [6.45, 7) is 7.36. The molecule has 1 fully saturated rings. The first-order chi connectivity index (χ1) is 13.2. The van der Waals surface area contributed by atoms with Crippen LogP contribution in [0.2, 0.25) is 0 Å². The number of benzene rings is 1. The van der Waals surface area contributed by atoms with Crippen molar-refractivity contribution in [3.8, 4) is 0 Å². The summed E-state index contributed by atoms with van der Waals surface area (Å²) >= 11 is 0. The lowest BCUT2D eigenvalue weighted by atomic mass is 10.1. The third kappa shape index (κ3) is 3.29. The lowest BCUT2D eigenvalue weighted by Gasteiger charge is -2.36. The summed E-state index contributed by atoms with van der Waals surface area (Å²) in [4.78, 5) is 22.5.